The number of hydrogen-bond acceptors (Lipinski definition) is 2. The summed E-state index contributed by atoms with van der Waals surface area (Å²) in [6.45, 7) is 0.138. The van der Waals surface area contributed by atoms with E-state index in [4.69, 9.17) is 10.8 Å². The minimum absolute atomic E-state index is 0.138. The van der Waals surface area contributed by atoms with E-state index >= 15 is 0 Å². The number of aliphatic hydroxyl groups excluding tert-OH is 1. The van der Waals surface area contributed by atoms with Gasteiger partial charge in [0.25, 0.3) is 0 Å². The van der Waals surface area contributed by atoms with Crippen molar-refractivity contribution in [2.45, 2.75) is 31.9 Å². The molecule has 0 aromatic heterocycles. The molecule has 0 fully saturated rings. The van der Waals surface area contributed by atoms with E-state index in [9.17, 15) is 0 Å². The Kier molecular flexibility index (Phi) is 2.34. The van der Waals surface area contributed by atoms with Gasteiger partial charge in [0.2, 0.25) is 0 Å². The molecule has 0 amide bonds. The van der Waals surface area contributed by atoms with Gasteiger partial charge in [-0.25, -0.2) is 0 Å². The van der Waals surface area contributed by atoms with Gasteiger partial charge < -0.3 is 10.8 Å². The summed E-state index contributed by atoms with van der Waals surface area (Å²) in [7, 11) is 0. The van der Waals surface area contributed by atoms with Crippen molar-refractivity contribution < 1.29 is 5.11 Å². The average molecular weight is 177 g/mol. The second-order valence-corrected chi connectivity index (χ2v) is 3.76. The van der Waals surface area contributed by atoms with Crippen molar-refractivity contribution in [1.82, 2.24) is 0 Å². The Bertz CT molecular complexity index is 309. The zero-order valence-electron chi connectivity index (χ0n) is 7.66. The number of aliphatic hydroxyl groups is 1. The van der Waals surface area contributed by atoms with Crippen LogP contribution in [0.2, 0.25) is 0 Å². The lowest BCUT2D eigenvalue weighted by Gasteiger charge is -2.21. The largest absolute Gasteiger partial charge is 0.392 e. The topological polar surface area (TPSA) is 46.2 Å². The molecule has 0 unspecified atom stereocenters. The van der Waals surface area contributed by atoms with Crippen molar-refractivity contribution in [2.75, 3.05) is 0 Å². The lowest BCUT2D eigenvalue weighted by molar-refractivity contribution is 0.281. The molecule has 0 spiro atoms. The van der Waals surface area contributed by atoms with Gasteiger partial charge in [0.05, 0.1) is 6.61 Å². The number of fused-ring (bicyclic) bond motifs is 1. The maximum Gasteiger partial charge on any atom is 0.0681 e. The summed E-state index contributed by atoms with van der Waals surface area (Å²) in [5.41, 5.74) is 9.61. The molecule has 1 aliphatic rings. The first-order valence-electron chi connectivity index (χ1n) is 4.76. The fourth-order valence-corrected chi connectivity index (χ4v) is 1.93. The van der Waals surface area contributed by atoms with E-state index in [0.717, 1.165) is 24.8 Å². The molecule has 3 N–H and O–H groups in total. The van der Waals surface area contributed by atoms with E-state index in [1.54, 1.807) is 0 Å². The number of benzene rings is 1. The molecule has 1 atom stereocenters. The van der Waals surface area contributed by atoms with Gasteiger partial charge in [0.1, 0.15) is 0 Å². The van der Waals surface area contributed by atoms with Crippen LogP contribution in [-0.4, -0.2) is 11.1 Å². The van der Waals surface area contributed by atoms with Crippen LogP contribution in [0.4, 0.5) is 0 Å². The molecular formula is C11H15NO. The number of aryl methyl sites for hydroxylation is 1. The van der Waals surface area contributed by atoms with Crippen LogP contribution in [0.1, 0.15) is 23.1 Å². The fourth-order valence-electron chi connectivity index (χ4n) is 1.93. The second-order valence-electron chi connectivity index (χ2n) is 3.76. The Labute approximate surface area is 78.4 Å². The van der Waals surface area contributed by atoms with Crippen LogP contribution in [0, 0.1) is 0 Å². The van der Waals surface area contributed by atoms with Crippen LogP contribution >= 0.6 is 0 Å². The van der Waals surface area contributed by atoms with Crippen LogP contribution in [-0.2, 0) is 19.4 Å². The third-order valence-corrected chi connectivity index (χ3v) is 2.72. The molecule has 1 aliphatic carbocycles. The number of hydrogen-bond donors (Lipinski definition) is 2. The van der Waals surface area contributed by atoms with Crippen LogP contribution in [0.3, 0.4) is 0 Å². The van der Waals surface area contributed by atoms with E-state index in [1.807, 2.05) is 6.07 Å². The summed E-state index contributed by atoms with van der Waals surface area (Å²) < 4.78 is 0. The zero-order chi connectivity index (χ0) is 9.26. The van der Waals surface area contributed by atoms with Gasteiger partial charge in [-0.3, -0.25) is 0 Å². The minimum Gasteiger partial charge on any atom is -0.392 e. The van der Waals surface area contributed by atoms with Crippen molar-refractivity contribution in [1.29, 1.82) is 0 Å². The fraction of sp³-hybridized carbons (Fsp3) is 0.455. The molecule has 1 aromatic rings. The molecule has 2 heteroatoms. The standard InChI is InChI=1S/C11H15NO/c12-11-4-3-9-5-8(7-13)1-2-10(9)6-11/h1-2,5,11,13H,3-4,6-7,12H2/t11-/m1/s1. The first-order chi connectivity index (χ1) is 6.29. The van der Waals surface area contributed by atoms with Crippen molar-refractivity contribution in [2.24, 2.45) is 5.73 Å². The maximum atomic E-state index is 8.97. The highest BCUT2D eigenvalue weighted by molar-refractivity contribution is 5.34. The Morgan fingerprint density at radius 2 is 2.23 bits per heavy atom. The molecule has 2 nitrogen and oxygen atoms in total. The van der Waals surface area contributed by atoms with Gasteiger partial charge in [0, 0.05) is 6.04 Å². The molecular weight excluding hydrogens is 162 g/mol. The summed E-state index contributed by atoms with van der Waals surface area (Å²) >= 11 is 0. The molecule has 2 rings (SSSR count). The monoisotopic (exact) mass is 177 g/mol. The Balaban J connectivity index is 2.31. The van der Waals surface area contributed by atoms with Crippen molar-refractivity contribution in [3.8, 4) is 0 Å². The maximum absolute atomic E-state index is 8.97. The summed E-state index contributed by atoms with van der Waals surface area (Å²) in [4.78, 5) is 0. The molecule has 13 heavy (non-hydrogen) atoms. The summed E-state index contributed by atoms with van der Waals surface area (Å²) in [5.74, 6) is 0. The number of rotatable bonds is 1. The molecule has 1 aromatic carbocycles. The predicted molar refractivity (Wildman–Crippen MR) is 52.4 cm³/mol. The van der Waals surface area contributed by atoms with Gasteiger partial charge in [-0.1, -0.05) is 18.2 Å². The van der Waals surface area contributed by atoms with E-state index < -0.39 is 0 Å². The highest BCUT2D eigenvalue weighted by Crippen LogP contribution is 2.21. The third kappa shape index (κ3) is 1.74. The molecule has 0 saturated carbocycles. The predicted octanol–water partition coefficient (Wildman–Crippen LogP) is 0.995. The third-order valence-electron chi connectivity index (χ3n) is 2.72. The Hall–Kier alpha value is -0.860. The molecule has 0 heterocycles. The lowest BCUT2D eigenvalue weighted by Crippen LogP contribution is -2.27. The van der Waals surface area contributed by atoms with E-state index in [-0.39, 0.29) is 6.61 Å². The van der Waals surface area contributed by atoms with Crippen LogP contribution < -0.4 is 5.73 Å². The first kappa shape index (κ1) is 8.73. The van der Waals surface area contributed by atoms with E-state index in [1.165, 1.54) is 11.1 Å². The van der Waals surface area contributed by atoms with Gasteiger partial charge >= 0.3 is 0 Å². The summed E-state index contributed by atoms with van der Waals surface area (Å²) in [5, 5.41) is 8.97. The molecule has 0 radical (unpaired) electrons. The Morgan fingerprint density at radius 3 is 3.00 bits per heavy atom. The second kappa shape index (κ2) is 3.48. The van der Waals surface area contributed by atoms with Crippen LogP contribution in [0.5, 0.6) is 0 Å². The van der Waals surface area contributed by atoms with E-state index in [2.05, 4.69) is 12.1 Å². The number of nitrogens with two attached hydrogens (primary N) is 1. The van der Waals surface area contributed by atoms with E-state index in [0.29, 0.717) is 6.04 Å². The zero-order valence-corrected chi connectivity index (χ0v) is 7.66. The van der Waals surface area contributed by atoms with Crippen LogP contribution in [0.25, 0.3) is 0 Å². The van der Waals surface area contributed by atoms with Gasteiger partial charge in [0.15, 0.2) is 0 Å². The van der Waals surface area contributed by atoms with Gasteiger partial charge in [-0.05, 0) is 36.0 Å². The van der Waals surface area contributed by atoms with Crippen molar-refractivity contribution in [3.63, 3.8) is 0 Å². The van der Waals surface area contributed by atoms with Gasteiger partial charge in [-0.15, -0.1) is 0 Å². The summed E-state index contributed by atoms with van der Waals surface area (Å²) in [6, 6.07) is 6.50. The molecule has 0 aliphatic heterocycles. The Morgan fingerprint density at radius 1 is 1.38 bits per heavy atom. The smallest absolute Gasteiger partial charge is 0.0681 e. The highest BCUT2D eigenvalue weighted by Gasteiger charge is 2.14. The van der Waals surface area contributed by atoms with Crippen LogP contribution in [0.15, 0.2) is 18.2 Å². The van der Waals surface area contributed by atoms with Gasteiger partial charge in [-0.2, -0.15) is 0 Å². The molecule has 0 bridgehead atoms. The highest BCUT2D eigenvalue weighted by atomic mass is 16.3. The molecule has 70 valence electrons. The molecule has 0 saturated heterocycles. The minimum atomic E-state index is 0.138. The summed E-state index contributed by atoms with van der Waals surface area (Å²) in [6.07, 6.45) is 3.12. The normalized spacial score (nSPS) is 21.2. The SMILES string of the molecule is N[C@@H]1CCc2cc(CO)ccc2C1. The van der Waals surface area contributed by atoms with Crippen molar-refractivity contribution >= 4 is 0 Å². The quantitative estimate of drug-likeness (QED) is 0.672. The lowest BCUT2D eigenvalue weighted by atomic mass is 9.88. The average Bonchev–Trinajstić information content (AvgIpc) is 2.17. The first-order valence-corrected chi connectivity index (χ1v) is 4.76. The van der Waals surface area contributed by atoms with Crippen molar-refractivity contribution in [3.05, 3.63) is 34.9 Å².